The van der Waals surface area contributed by atoms with Crippen LogP contribution in [0.25, 0.3) is 0 Å². The van der Waals surface area contributed by atoms with Gasteiger partial charge in [-0.1, -0.05) is 339 Å². The molecular formula is C71H135NO5. The lowest BCUT2D eigenvalue weighted by molar-refractivity contribution is -0.143. The van der Waals surface area contributed by atoms with Crippen molar-refractivity contribution < 1.29 is 24.5 Å². The Labute approximate surface area is 481 Å². The van der Waals surface area contributed by atoms with Gasteiger partial charge in [0.2, 0.25) is 5.91 Å². The monoisotopic (exact) mass is 1080 g/mol. The van der Waals surface area contributed by atoms with E-state index >= 15 is 0 Å². The minimum atomic E-state index is -0.840. The van der Waals surface area contributed by atoms with Gasteiger partial charge in [-0.25, -0.2) is 0 Å². The van der Waals surface area contributed by atoms with Crippen molar-refractivity contribution in [1.29, 1.82) is 0 Å². The summed E-state index contributed by atoms with van der Waals surface area (Å²) in [5.41, 5.74) is 0. The Hall–Kier alpha value is -1.92. The lowest BCUT2D eigenvalue weighted by Gasteiger charge is -2.20. The predicted molar refractivity (Wildman–Crippen MR) is 338 cm³/mol. The van der Waals surface area contributed by atoms with Crippen molar-refractivity contribution >= 4 is 11.9 Å². The van der Waals surface area contributed by atoms with Crippen molar-refractivity contribution in [1.82, 2.24) is 5.32 Å². The number of ether oxygens (including phenoxy) is 1. The van der Waals surface area contributed by atoms with E-state index in [1.54, 1.807) is 6.08 Å². The number of nitrogens with one attached hydrogen (secondary N) is 1. The third kappa shape index (κ3) is 63.1. The number of unbranched alkanes of at least 4 members (excludes halogenated alkanes) is 50. The number of rotatable bonds is 65. The van der Waals surface area contributed by atoms with E-state index in [-0.39, 0.29) is 18.5 Å². The van der Waals surface area contributed by atoms with Gasteiger partial charge >= 0.3 is 5.97 Å². The summed E-state index contributed by atoms with van der Waals surface area (Å²) in [6, 6.07) is -0.623. The second kappa shape index (κ2) is 66.6. The highest BCUT2D eigenvalue weighted by molar-refractivity contribution is 5.76. The van der Waals surface area contributed by atoms with Crippen molar-refractivity contribution in [2.75, 3.05) is 13.2 Å². The number of aliphatic hydroxyl groups is 2. The van der Waals surface area contributed by atoms with Gasteiger partial charge in [-0.15, -0.1) is 0 Å². The molecule has 0 aromatic heterocycles. The van der Waals surface area contributed by atoms with E-state index in [2.05, 4.69) is 43.5 Å². The summed E-state index contributed by atoms with van der Waals surface area (Å²) in [7, 11) is 0. The number of carbonyl (C=O) groups excluding carboxylic acids is 2. The highest BCUT2D eigenvalue weighted by atomic mass is 16.5. The number of allylic oxidation sites excluding steroid dienone is 5. The van der Waals surface area contributed by atoms with Crippen LogP contribution in [-0.4, -0.2) is 47.4 Å². The van der Waals surface area contributed by atoms with Gasteiger partial charge in [0.1, 0.15) is 0 Å². The van der Waals surface area contributed by atoms with Gasteiger partial charge in [0.05, 0.1) is 25.4 Å². The van der Waals surface area contributed by atoms with Crippen molar-refractivity contribution in [3.8, 4) is 0 Å². The Bertz CT molecular complexity index is 1250. The molecule has 0 aromatic carbocycles. The molecule has 0 aliphatic heterocycles. The number of carbonyl (C=O) groups is 2. The number of amides is 1. The molecule has 0 aromatic rings. The maximum Gasteiger partial charge on any atom is 0.305 e. The van der Waals surface area contributed by atoms with E-state index in [9.17, 15) is 19.8 Å². The van der Waals surface area contributed by atoms with Crippen LogP contribution < -0.4 is 5.32 Å². The predicted octanol–water partition coefficient (Wildman–Crippen LogP) is 22.3. The summed E-state index contributed by atoms with van der Waals surface area (Å²) in [4.78, 5) is 24.5. The molecule has 0 aliphatic rings. The zero-order valence-corrected chi connectivity index (χ0v) is 52.0. The molecule has 3 N–H and O–H groups in total. The molecule has 0 saturated carbocycles. The maximum absolute atomic E-state index is 12.5. The molecule has 77 heavy (non-hydrogen) atoms. The molecule has 0 radical (unpaired) electrons. The average molecular weight is 1080 g/mol. The van der Waals surface area contributed by atoms with Crippen molar-refractivity contribution in [3.05, 3.63) is 36.5 Å². The first kappa shape index (κ1) is 75.1. The summed E-state index contributed by atoms with van der Waals surface area (Å²) >= 11 is 0. The molecule has 454 valence electrons. The van der Waals surface area contributed by atoms with Gasteiger partial charge in [-0.3, -0.25) is 9.59 Å². The van der Waals surface area contributed by atoms with Gasteiger partial charge in [-0.2, -0.15) is 0 Å². The summed E-state index contributed by atoms with van der Waals surface area (Å²) < 4.78 is 5.49. The van der Waals surface area contributed by atoms with Crippen LogP contribution in [0.5, 0.6) is 0 Å². The van der Waals surface area contributed by atoms with E-state index in [0.717, 1.165) is 51.4 Å². The Kier molecular flexibility index (Phi) is 64.9. The lowest BCUT2D eigenvalue weighted by Crippen LogP contribution is -2.45. The molecule has 1 amide bonds. The molecule has 0 spiro atoms. The molecule has 6 nitrogen and oxygen atoms in total. The Morgan fingerprint density at radius 2 is 0.649 bits per heavy atom. The van der Waals surface area contributed by atoms with Crippen LogP contribution in [0.1, 0.15) is 380 Å². The maximum atomic E-state index is 12.5. The molecule has 0 unspecified atom stereocenters. The second-order valence-electron chi connectivity index (χ2n) is 23.9. The first-order chi connectivity index (χ1) is 38.0. The van der Waals surface area contributed by atoms with Crippen LogP contribution in [0.3, 0.4) is 0 Å². The van der Waals surface area contributed by atoms with Crippen LogP contribution in [0.4, 0.5) is 0 Å². The quantitative estimate of drug-likeness (QED) is 0.0320. The highest BCUT2D eigenvalue weighted by Gasteiger charge is 2.18. The molecule has 2 atom stereocenters. The fourth-order valence-electron chi connectivity index (χ4n) is 10.8. The van der Waals surface area contributed by atoms with Crippen molar-refractivity contribution in [2.24, 2.45) is 0 Å². The summed E-state index contributed by atoms with van der Waals surface area (Å²) in [6.45, 7) is 4.89. The van der Waals surface area contributed by atoms with Crippen LogP contribution >= 0.6 is 0 Å². The molecule has 0 fully saturated rings. The van der Waals surface area contributed by atoms with Crippen LogP contribution in [-0.2, 0) is 14.3 Å². The number of hydrogen-bond acceptors (Lipinski definition) is 5. The lowest BCUT2D eigenvalue weighted by atomic mass is 10.0. The Morgan fingerprint density at radius 1 is 0.364 bits per heavy atom. The van der Waals surface area contributed by atoms with E-state index in [1.807, 2.05) is 6.08 Å². The van der Waals surface area contributed by atoms with Gasteiger partial charge in [0.25, 0.3) is 0 Å². The summed E-state index contributed by atoms with van der Waals surface area (Å²) in [5.74, 6) is -0.0553. The minimum absolute atomic E-state index is 0.00706. The van der Waals surface area contributed by atoms with Gasteiger partial charge < -0.3 is 20.3 Å². The molecule has 0 saturated heterocycles. The summed E-state index contributed by atoms with van der Waals surface area (Å²) in [5, 5.41) is 23.1. The standard InChI is InChI=1S/C71H135NO5/c1-3-5-7-9-11-13-15-17-36-41-45-49-53-57-61-65-71(76)77-66-62-58-54-50-46-42-38-35-33-31-29-27-25-23-21-19-18-20-22-24-26-28-30-32-34-37-40-44-48-52-56-60-64-70(75)72-68(67-73)69(74)63-59-55-51-47-43-39-16-14-12-10-8-6-4-2/h11,13,17,36,59,63,68-69,73-74H,3-10,12,14-16,18-35,37-58,60-62,64-67H2,1-2H3,(H,72,75)/b13-11-,36-17-,63-59+/t68-,69+/m0/s1. The zero-order chi connectivity index (χ0) is 55.7. The van der Waals surface area contributed by atoms with Crippen molar-refractivity contribution in [2.45, 2.75) is 392 Å². The van der Waals surface area contributed by atoms with Crippen LogP contribution in [0.2, 0.25) is 0 Å². The molecular weight excluding hydrogens is 947 g/mol. The SMILES string of the molecule is CCCCC/C=C\C/C=C\CCCCCCCC(=O)OCCCCCCCCCCCCCCCCCCCCCCCCCCCCCCCCCCC(=O)N[C@@H](CO)[C@H](O)/C=C/CCCCCCCCCCCCC. The smallest absolute Gasteiger partial charge is 0.305 e. The fraction of sp³-hybridized carbons (Fsp3) is 0.887. The Morgan fingerprint density at radius 3 is 1.01 bits per heavy atom. The molecule has 6 heteroatoms. The fourth-order valence-corrected chi connectivity index (χ4v) is 10.8. The topological polar surface area (TPSA) is 95.9 Å². The number of esters is 1. The second-order valence-corrected chi connectivity index (χ2v) is 23.9. The third-order valence-corrected chi connectivity index (χ3v) is 16.2. The van der Waals surface area contributed by atoms with Crippen LogP contribution in [0.15, 0.2) is 36.5 Å². The van der Waals surface area contributed by atoms with Gasteiger partial charge in [-0.05, 0) is 64.2 Å². The number of hydrogen-bond donors (Lipinski definition) is 3. The normalized spacial score (nSPS) is 12.7. The number of aliphatic hydroxyl groups excluding tert-OH is 2. The van der Waals surface area contributed by atoms with Crippen molar-refractivity contribution in [3.63, 3.8) is 0 Å². The van der Waals surface area contributed by atoms with Gasteiger partial charge in [0, 0.05) is 12.8 Å². The van der Waals surface area contributed by atoms with E-state index in [1.165, 1.54) is 302 Å². The van der Waals surface area contributed by atoms with E-state index < -0.39 is 12.1 Å². The molecule has 0 aliphatic carbocycles. The molecule has 0 bridgehead atoms. The zero-order valence-electron chi connectivity index (χ0n) is 52.0. The van der Waals surface area contributed by atoms with E-state index in [4.69, 9.17) is 4.74 Å². The largest absolute Gasteiger partial charge is 0.466 e. The average Bonchev–Trinajstić information content (AvgIpc) is 3.43. The van der Waals surface area contributed by atoms with E-state index in [0.29, 0.717) is 19.4 Å². The van der Waals surface area contributed by atoms with Gasteiger partial charge in [0.15, 0.2) is 0 Å². The minimum Gasteiger partial charge on any atom is -0.466 e. The van der Waals surface area contributed by atoms with Crippen LogP contribution in [0, 0.1) is 0 Å². The Balaban J connectivity index is 3.33. The third-order valence-electron chi connectivity index (χ3n) is 16.2. The highest BCUT2D eigenvalue weighted by Crippen LogP contribution is 2.19. The molecule has 0 heterocycles. The first-order valence-corrected chi connectivity index (χ1v) is 34.8. The first-order valence-electron chi connectivity index (χ1n) is 34.8. The summed E-state index contributed by atoms with van der Waals surface area (Å²) in [6.07, 6.45) is 85.2. The molecule has 0 rings (SSSR count).